The number of hydrogen-bond donors (Lipinski definition) is 1. The van der Waals surface area contributed by atoms with Crippen LogP contribution in [0.3, 0.4) is 0 Å². The van der Waals surface area contributed by atoms with Gasteiger partial charge >= 0.3 is 0 Å². The van der Waals surface area contributed by atoms with Crippen molar-refractivity contribution < 1.29 is 9.63 Å². The minimum absolute atomic E-state index is 0.0463. The van der Waals surface area contributed by atoms with Gasteiger partial charge in [0.2, 0.25) is 0 Å². The molecule has 1 aromatic heterocycles. The summed E-state index contributed by atoms with van der Waals surface area (Å²) < 4.78 is 5.10. The molecule has 5 heteroatoms. The molecule has 1 aromatic rings. The van der Waals surface area contributed by atoms with Crippen LogP contribution >= 0.6 is 0 Å². The standard InChI is InChI=1S/C15H27N3O2/c1-12-9-13(16-20-12)10-17-5-7-18(8-6-17)11-14(19)15(2,3)4/h9,14,19H,5-8,10-11H2,1-4H3/t14-/m1/s1. The highest BCUT2D eigenvalue weighted by Gasteiger charge is 2.26. The van der Waals surface area contributed by atoms with Gasteiger partial charge in [0.15, 0.2) is 0 Å². The molecular formula is C15H27N3O2. The molecule has 114 valence electrons. The van der Waals surface area contributed by atoms with Gasteiger partial charge in [-0.2, -0.15) is 0 Å². The van der Waals surface area contributed by atoms with E-state index in [1.807, 2.05) is 13.0 Å². The molecule has 1 aliphatic rings. The van der Waals surface area contributed by atoms with Gasteiger partial charge in [-0.05, 0) is 12.3 Å². The summed E-state index contributed by atoms with van der Waals surface area (Å²) in [5.41, 5.74) is 0.959. The molecular weight excluding hydrogens is 254 g/mol. The Kier molecular flexibility index (Phi) is 4.83. The molecule has 1 saturated heterocycles. The predicted molar refractivity (Wildman–Crippen MR) is 78.4 cm³/mol. The summed E-state index contributed by atoms with van der Waals surface area (Å²) in [7, 11) is 0. The van der Waals surface area contributed by atoms with Gasteiger partial charge in [0, 0.05) is 45.3 Å². The van der Waals surface area contributed by atoms with Crippen molar-refractivity contribution in [3.63, 3.8) is 0 Å². The highest BCUT2D eigenvalue weighted by molar-refractivity contribution is 5.03. The molecule has 0 radical (unpaired) electrons. The zero-order valence-electron chi connectivity index (χ0n) is 13.1. The topological polar surface area (TPSA) is 52.7 Å². The van der Waals surface area contributed by atoms with Crippen LogP contribution in [0.1, 0.15) is 32.2 Å². The van der Waals surface area contributed by atoms with E-state index in [1.165, 1.54) is 0 Å². The van der Waals surface area contributed by atoms with Crippen LogP contribution < -0.4 is 0 Å². The van der Waals surface area contributed by atoms with Crippen LogP contribution in [0.2, 0.25) is 0 Å². The number of rotatable bonds is 4. The summed E-state index contributed by atoms with van der Waals surface area (Å²) >= 11 is 0. The van der Waals surface area contributed by atoms with Gasteiger partial charge in [-0.3, -0.25) is 9.80 Å². The molecule has 0 aromatic carbocycles. The summed E-state index contributed by atoms with van der Waals surface area (Å²) in [4.78, 5) is 4.73. The molecule has 0 saturated carbocycles. The molecule has 5 nitrogen and oxygen atoms in total. The highest BCUT2D eigenvalue weighted by Crippen LogP contribution is 2.20. The van der Waals surface area contributed by atoms with Crippen molar-refractivity contribution in [2.24, 2.45) is 5.41 Å². The monoisotopic (exact) mass is 281 g/mol. The summed E-state index contributed by atoms with van der Waals surface area (Å²) in [6.07, 6.45) is -0.271. The average molecular weight is 281 g/mol. The van der Waals surface area contributed by atoms with Crippen molar-refractivity contribution in [3.8, 4) is 0 Å². The molecule has 1 fully saturated rings. The largest absolute Gasteiger partial charge is 0.391 e. The lowest BCUT2D eigenvalue weighted by Crippen LogP contribution is -2.49. The third kappa shape index (κ3) is 4.30. The molecule has 2 rings (SSSR count). The van der Waals surface area contributed by atoms with Crippen molar-refractivity contribution in [1.82, 2.24) is 15.0 Å². The lowest BCUT2D eigenvalue weighted by atomic mass is 9.89. The Hall–Kier alpha value is -0.910. The van der Waals surface area contributed by atoms with Crippen molar-refractivity contribution >= 4 is 0 Å². The number of piperazine rings is 1. The third-order valence-electron chi connectivity index (χ3n) is 3.96. The molecule has 0 spiro atoms. The Morgan fingerprint density at radius 3 is 2.35 bits per heavy atom. The first-order valence-corrected chi connectivity index (χ1v) is 7.39. The number of aromatic nitrogens is 1. The number of hydrogen-bond acceptors (Lipinski definition) is 5. The van der Waals surface area contributed by atoms with Crippen LogP contribution in [-0.4, -0.2) is 58.9 Å². The number of aliphatic hydroxyl groups excluding tert-OH is 1. The fourth-order valence-corrected chi connectivity index (χ4v) is 2.37. The molecule has 1 N–H and O–H groups in total. The van der Waals surface area contributed by atoms with Crippen molar-refractivity contribution in [1.29, 1.82) is 0 Å². The zero-order valence-corrected chi connectivity index (χ0v) is 13.1. The Morgan fingerprint density at radius 2 is 1.85 bits per heavy atom. The molecule has 20 heavy (non-hydrogen) atoms. The van der Waals surface area contributed by atoms with E-state index in [-0.39, 0.29) is 11.5 Å². The number of nitrogens with zero attached hydrogens (tertiary/aromatic N) is 3. The van der Waals surface area contributed by atoms with Crippen molar-refractivity contribution in [2.45, 2.75) is 40.3 Å². The lowest BCUT2D eigenvalue weighted by molar-refractivity contribution is 0.0123. The van der Waals surface area contributed by atoms with Gasteiger partial charge in [0.25, 0.3) is 0 Å². The average Bonchev–Trinajstić information content (AvgIpc) is 2.76. The maximum absolute atomic E-state index is 10.2. The molecule has 2 heterocycles. The quantitative estimate of drug-likeness (QED) is 0.906. The van der Waals surface area contributed by atoms with E-state index in [9.17, 15) is 5.11 Å². The van der Waals surface area contributed by atoms with Crippen LogP contribution in [0.4, 0.5) is 0 Å². The van der Waals surface area contributed by atoms with E-state index < -0.39 is 0 Å². The SMILES string of the molecule is Cc1cc(CN2CCN(C[C@@H](O)C(C)(C)C)CC2)no1. The third-order valence-corrected chi connectivity index (χ3v) is 3.96. The number of aliphatic hydroxyl groups is 1. The van der Waals surface area contributed by atoms with Gasteiger partial charge in [0.1, 0.15) is 5.76 Å². The van der Waals surface area contributed by atoms with E-state index in [0.717, 1.165) is 50.7 Å². The molecule has 0 bridgehead atoms. The Labute approximate surface area is 121 Å². The Morgan fingerprint density at radius 1 is 1.25 bits per heavy atom. The maximum atomic E-state index is 10.2. The predicted octanol–water partition coefficient (Wildman–Crippen LogP) is 1.51. The van der Waals surface area contributed by atoms with Gasteiger partial charge in [0.05, 0.1) is 11.8 Å². The van der Waals surface area contributed by atoms with E-state index in [0.29, 0.717) is 0 Å². The van der Waals surface area contributed by atoms with Crippen LogP contribution in [-0.2, 0) is 6.54 Å². The smallest absolute Gasteiger partial charge is 0.133 e. The van der Waals surface area contributed by atoms with Crippen LogP contribution in [0.25, 0.3) is 0 Å². The second kappa shape index (κ2) is 6.24. The highest BCUT2D eigenvalue weighted by atomic mass is 16.5. The lowest BCUT2D eigenvalue weighted by Gasteiger charge is -2.37. The first-order valence-electron chi connectivity index (χ1n) is 7.39. The van der Waals surface area contributed by atoms with E-state index in [2.05, 4.69) is 35.7 Å². The zero-order chi connectivity index (χ0) is 14.8. The van der Waals surface area contributed by atoms with Crippen LogP contribution in [0.15, 0.2) is 10.6 Å². The molecule has 0 aliphatic carbocycles. The summed E-state index contributed by atoms with van der Waals surface area (Å²) in [5, 5.41) is 14.2. The first-order chi connectivity index (χ1) is 9.34. The molecule has 0 amide bonds. The van der Waals surface area contributed by atoms with Gasteiger partial charge in [-0.1, -0.05) is 25.9 Å². The van der Waals surface area contributed by atoms with Gasteiger partial charge < -0.3 is 9.63 Å². The Bertz CT molecular complexity index is 417. The summed E-state index contributed by atoms with van der Waals surface area (Å²) in [5.74, 6) is 0.868. The van der Waals surface area contributed by atoms with Crippen LogP contribution in [0.5, 0.6) is 0 Å². The fourth-order valence-electron chi connectivity index (χ4n) is 2.37. The van der Waals surface area contributed by atoms with Crippen molar-refractivity contribution in [2.75, 3.05) is 32.7 Å². The molecule has 0 unspecified atom stereocenters. The summed E-state index contributed by atoms with van der Waals surface area (Å²) in [6.45, 7) is 13.8. The minimum atomic E-state index is -0.271. The minimum Gasteiger partial charge on any atom is -0.391 e. The fraction of sp³-hybridized carbons (Fsp3) is 0.800. The first kappa shape index (κ1) is 15.5. The summed E-state index contributed by atoms with van der Waals surface area (Å²) in [6, 6.07) is 2.00. The normalized spacial score (nSPS) is 20.2. The van der Waals surface area contributed by atoms with E-state index in [1.54, 1.807) is 0 Å². The van der Waals surface area contributed by atoms with Gasteiger partial charge in [-0.25, -0.2) is 0 Å². The second-order valence-corrected chi connectivity index (χ2v) is 6.89. The van der Waals surface area contributed by atoms with Crippen molar-refractivity contribution in [3.05, 3.63) is 17.5 Å². The van der Waals surface area contributed by atoms with Gasteiger partial charge in [-0.15, -0.1) is 0 Å². The second-order valence-electron chi connectivity index (χ2n) is 6.89. The molecule has 1 aliphatic heterocycles. The van der Waals surface area contributed by atoms with E-state index in [4.69, 9.17) is 4.52 Å². The van der Waals surface area contributed by atoms with Crippen LogP contribution in [0, 0.1) is 12.3 Å². The Balaban J connectivity index is 1.75. The molecule has 1 atom stereocenters. The number of aryl methyl sites for hydroxylation is 1. The number of β-amino-alcohol motifs (C(OH)–C–C–N with tert-alkyl or cyclic N) is 1. The van der Waals surface area contributed by atoms with E-state index >= 15 is 0 Å². The maximum Gasteiger partial charge on any atom is 0.133 e.